The molecule has 0 radical (unpaired) electrons. The largest absolute Gasteiger partial charge is 0.377 e. The van der Waals surface area contributed by atoms with Crippen LogP contribution in [0.1, 0.15) is 38.1 Å². The fraction of sp³-hybridized carbons (Fsp3) is 0.214. The van der Waals surface area contributed by atoms with Gasteiger partial charge in [-0.2, -0.15) is 5.10 Å². The van der Waals surface area contributed by atoms with Crippen molar-refractivity contribution in [2.75, 3.05) is 19.8 Å². The lowest BCUT2D eigenvalue weighted by Crippen LogP contribution is -2.43. The number of fused-ring (bicyclic) bond motifs is 1. The lowest BCUT2D eigenvalue weighted by molar-refractivity contribution is -0.00285. The minimum absolute atomic E-state index is 0.0129. The summed E-state index contributed by atoms with van der Waals surface area (Å²) in [6, 6.07) is 15.1. The van der Waals surface area contributed by atoms with Crippen LogP contribution < -0.4 is 0 Å². The van der Waals surface area contributed by atoms with Crippen LogP contribution in [0.2, 0.25) is 0 Å². The maximum Gasteiger partial charge on any atom is 0.258 e. The SMILES string of the molecule is Cn1ncc(C(=O)N2CCOCC2c2cccnc2)c1C(=O)Cc1ccn2cc(-c3ccccc3)nc2n1. The van der Waals surface area contributed by atoms with Crippen LogP contribution in [-0.4, -0.2) is 65.5 Å². The van der Waals surface area contributed by atoms with Gasteiger partial charge < -0.3 is 9.64 Å². The Labute approximate surface area is 218 Å². The van der Waals surface area contributed by atoms with Gasteiger partial charge in [0.05, 0.1) is 48.8 Å². The smallest absolute Gasteiger partial charge is 0.258 e. The number of rotatable bonds is 6. The number of pyridine rings is 1. The monoisotopic (exact) mass is 507 g/mol. The van der Waals surface area contributed by atoms with E-state index in [1.807, 2.05) is 59.3 Å². The molecular formula is C28H25N7O3. The summed E-state index contributed by atoms with van der Waals surface area (Å²) in [5, 5.41) is 4.25. The summed E-state index contributed by atoms with van der Waals surface area (Å²) < 4.78 is 8.93. The van der Waals surface area contributed by atoms with Crippen molar-refractivity contribution in [3.05, 3.63) is 102 Å². The Balaban J connectivity index is 1.26. The molecule has 1 atom stereocenters. The fourth-order valence-electron chi connectivity index (χ4n) is 4.78. The third-order valence-corrected chi connectivity index (χ3v) is 6.69. The number of aromatic nitrogens is 6. The van der Waals surface area contributed by atoms with E-state index in [1.54, 1.807) is 30.4 Å². The summed E-state index contributed by atoms with van der Waals surface area (Å²) in [5.41, 5.74) is 3.75. The Morgan fingerprint density at radius 3 is 2.74 bits per heavy atom. The van der Waals surface area contributed by atoms with E-state index >= 15 is 0 Å². The second-order valence-corrected chi connectivity index (χ2v) is 9.12. The van der Waals surface area contributed by atoms with Crippen LogP contribution in [0.3, 0.4) is 0 Å². The molecule has 38 heavy (non-hydrogen) atoms. The third kappa shape index (κ3) is 4.46. The molecule has 1 aromatic carbocycles. The zero-order chi connectivity index (χ0) is 26.1. The number of hydrogen-bond acceptors (Lipinski definition) is 7. The van der Waals surface area contributed by atoms with E-state index in [2.05, 4.69) is 20.1 Å². The van der Waals surface area contributed by atoms with Gasteiger partial charge >= 0.3 is 0 Å². The lowest BCUT2D eigenvalue weighted by atomic mass is 10.0. The predicted octanol–water partition coefficient (Wildman–Crippen LogP) is 3.16. The molecule has 5 aromatic rings. The molecule has 4 aromatic heterocycles. The molecule has 1 aliphatic rings. The Kier molecular flexibility index (Phi) is 6.22. The highest BCUT2D eigenvalue weighted by molar-refractivity contribution is 6.07. The molecule has 6 rings (SSSR count). The van der Waals surface area contributed by atoms with E-state index in [0.29, 0.717) is 31.2 Å². The maximum absolute atomic E-state index is 13.7. The highest BCUT2D eigenvalue weighted by Crippen LogP contribution is 2.27. The average molecular weight is 508 g/mol. The number of hydrogen-bond donors (Lipinski definition) is 0. The molecule has 0 spiro atoms. The summed E-state index contributed by atoms with van der Waals surface area (Å²) in [4.78, 5) is 42.3. The minimum Gasteiger partial charge on any atom is -0.377 e. The van der Waals surface area contributed by atoms with Gasteiger partial charge in [0.15, 0.2) is 5.78 Å². The Hall–Kier alpha value is -4.70. The number of imidazole rings is 1. The Morgan fingerprint density at radius 1 is 1.05 bits per heavy atom. The van der Waals surface area contributed by atoms with E-state index in [9.17, 15) is 9.59 Å². The zero-order valence-corrected chi connectivity index (χ0v) is 20.8. The zero-order valence-electron chi connectivity index (χ0n) is 20.8. The number of aryl methyl sites for hydroxylation is 1. The van der Waals surface area contributed by atoms with Gasteiger partial charge in [-0.25, -0.2) is 9.97 Å². The molecule has 0 aliphatic carbocycles. The first kappa shape index (κ1) is 23.7. The van der Waals surface area contributed by atoms with E-state index in [1.165, 1.54) is 10.9 Å². The first-order chi connectivity index (χ1) is 18.6. The second kappa shape index (κ2) is 9.98. The van der Waals surface area contributed by atoms with Gasteiger partial charge in [0.25, 0.3) is 5.91 Å². The number of ether oxygens (including phenoxy) is 1. The van der Waals surface area contributed by atoms with Crippen molar-refractivity contribution < 1.29 is 14.3 Å². The van der Waals surface area contributed by atoms with Crippen LogP contribution in [0.25, 0.3) is 17.0 Å². The highest BCUT2D eigenvalue weighted by Gasteiger charge is 2.33. The molecule has 1 amide bonds. The van der Waals surface area contributed by atoms with Crippen LogP contribution in [0, 0.1) is 0 Å². The van der Waals surface area contributed by atoms with Crippen molar-refractivity contribution in [3.8, 4) is 11.3 Å². The lowest BCUT2D eigenvalue weighted by Gasteiger charge is -2.35. The van der Waals surface area contributed by atoms with Gasteiger partial charge in [0.1, 0.15) is 5.69 Å². The number of morpholine rings is 1. The van der Waals surface area contributed by atoms with Crippen molar-refractivity contribution in [2.45, 2.75) is 12.5 Å². The molecular weight excluding hydrogens is 482 g/mol. The number of carbonyl (C=O) groups excluding carboxylic acids is 2. The van der Waals surface area contributed by atoms with Crippen molar-refractivity contribution in [1.29, 1.82) is 0 Å². The van der Waals surface area contributed by atoms with E-state index in [-0.39, 0.29) is 35.4 Å². The van der Waals surface area contributed by atoms with Gasteiger partial charge in [0.2, 0.25) is 5.78 Å². The maximum atomic E-state index is 13.7. The van der Waals surface area contributed by atoms with E-state index in [4.69, 9.17) is 4.74 Å². The van der Waals surface area contributed by atoms with Crippen LogP contribution in [-0.2, 0) is 18.2 Å². The number of amides is 1. The quantitative estimate of drug-likeness (QED) is 0.325. The molecule has 10 nitrogen and oxygen atoms in total. The molecule has 1 aliphatic heterocycles. The van der Waals surface area contributed by atoms with E-state index in [0.717, 1.165) is 16.8 Å². The molecule has 0 N–H and O–H groups in total. The third-order valence-electron chi connectivity index (χ3n) is 6.69. The molecule has 1 saturated heterocycles. The number of benzene rings is 1. The molecule has 1 fully saturated rings. The summed E-state index contributed by atoms with van der Waals surface area (Å²) >= 11 is 0. The fourth-order valence-corrected chi connectivity index (χ4v) is 4.78. The number of carbonyl (C=O) groups is 2. The molecule has 0 saturated carbocycles. The molecule has 0 bridgehead atoms. The van der Waals surface area contributed by atoms with Crippen LogP contribution in [0.5, 0.6) is 0 Å². The van der Waals surface area contributed by atoms with Crippen molar-refractivity contribution in [1.82, 2.24) is 34.0 Å². The summed E-state index contributed by atoms with van der Waals surface area (Å²) in [5.74, 6) is -0.00270. The highest BCUT2D eigenvalue weighted by atomic mass is 16.5. The van der Waals surface area contributed by atoms with Crippen molar-refractivity contribution >= 4 is 17.5 Å². The van der Waals surface area contributed by atoms with Crippen LogP contribution in [0.4, 0.5) is 0 Å². The Bertz CT molecular complexity index is 1610. The van der Waals surface area contributed by atoms with E-state index < -0.39 is 0 Å². The predicted molar refractivity (Wildman–Crippen MR) is 138 cm³/mol. The van der Waals surface area contributed by atoms with Crippen molar-refractivity contribution in [3.63, 3.8) is 0 Å². The molecule has 10 heteroatoms. The number of nitrogens with zero attached hydrogens (tertiary/aromatic N) is 7. The minimum atomic E-state index is -0.295. The summed E-state index contributed by atoms with van der Waals surface area (Å²) in [6.45, 7) is 1.19. The average Bonchev–Trinajstić information content (AvgIpc) is 3.57. The van der Waals surface area contributed by atoms with Gasteiger partial charge in [-0.05, 0) is 17.7 Å². The standard InChI is InChI=1S/C28H25N7O3/c1-33-26(22(16-30-33)27(37)35-12-13-38-18-24(35)20-8-5-10-29-15-20)25(36)14-21-9-11-34-17-23(32-28(34)31-21)19-6-3-2-4-7-19/h2-11,15-17,24H,12-14,18H2,1H3. The van der Waals surface area contributed by atoms with Gasteiger partial charge in [-0.15, -0.1) is 0 Å². The van der Waals surface area contributed by atoms with Crippen LogP contribution in [0.15, 0.2) is 79.5 Å². The second-order valence-electron chi connectivity index (χ2n) is 9.12. The van der Waals surface area contributed by atoms with Crippen molar-refractivity contribution in [2.24, 2.45) is 7.05 Å². The van der Waals surface area contributed by atoms with Crippen LogP contribution >= 0.6 is 0 Å². The first-order valence-corrected chi connectivity index (χ1v) is 12.3. The van der Waals surface area contributed by atoms with Gasteiger partial charge in [-0.3, -0.25) is 23.7 Å². The molecule has 1 unspecified atom stereocenters. The summed E-state index contributed by atoms with van der Waals surface area (Å²) in [6.07, 6.45) is 8.64. The van der Waals surface area contributed by atoms with Gasteiger partial charge in [0, 0.05) is 43.9 Å². The topological polar surface area (TPSA) is 108 Å². The first-order valence-electron chi connectivity index (χ1n) is 12.3. The normalized spacial score (nSPS) is 15.6. The summed E-state index contributed by atoms with van der Waals surface area (Å²) in [7, 11) is 1.67. The number of ketones is 1. The van der Waals surface area contributed by atoms with Gasteiger partial charge in [-0.1, -0.05) is 36.4 Å². The Morgan fingerprint density at radius 2 is 1.92 bits per heavy atom. The number of Topliss-reactive ketones (excluding diaryl/α,β-unsaturated/α-hetero) is 1. The molecule has 5 heterocycles. The molecule has 190 valence electrons.